The number of carboxylic acid groups (broad SMARTS) is 2. The molecule has 0 aliphatic rings. The van der Waals surface area contributed by atoms with E-state index in [4.69, 9.17) is 0 Å². The number of carbonyl (C=O) groups excluding carboxylic acids is 2. The van der Waals surface area contributed by atoms with Crippen molar-refractivity contribution in [3.05, 3.63) is 140 Å². The van der Waals surface area contributed by atoms with Gasteiger partial charge in [0.15, 0.2) is 5.69 Å². The standard InChI is InChI=1S/C21H20N2O3S.C19H17F3N4O3S/c1-13-7-9-15(10-8-13)21-23-18(12-27-21)20(26)22-17(11-19(24)25)16-6-4-3-5-14(16)2;1-10-5-3-4-6-12(10)13(8-16(27)28)23-17(29)14-9-30-18(24-14)26-15(19(20,21)22)7-11(2)25-26/h3-10,12,17H,11H2,1-2H3,(H,22,26)(H,24,25);3-7,9,13H,8H2,1-2H3,(H,23,29)(H,27,28)/t17-;13-/m00/s1. The van der Waals surface area contributed by atoms with Gasteiger partial charge in [0, 0.05) is 16.3 Å². The summed E-state index contributed by atoms with van der Waals surface area (Å²) >= 11 is 2.22. The Balaban J connectivity index is 0.000000219. The lowest BCUT2D eigenvalue weighted by Crippen LogP contribution is -2.31. The Morgan fingerprint density at radius 1 is 0.719 bits per heavy atom. The number of carboxylic acids is 2. The van der Waals surface area contributed by atoms with Gasteiger partial charge < -0.3 is 20.8 Å². The van der Waals surface area contributed by atoms with Crippen LogP contribution in [0.15, 0.2) is 89.6 Å². The molecule has 6 rings (SSSR count). The topological polar surface area (TPSA) is 176 Å². The molecule has 2 atom stereocenters. The van der Waals surface area contributed by atoms with Crippen LogP contribution in [-0.4, -0.2) is 53.7 Å². The number of carbonyl (C=O) groups is 4. The average molecular weight is 819 g/mol. The van der Waals surface area contributed by atoms with Crippen molar-refractivity contribution >= 4 is 46.4 Å². The van der Waals surface area contributed by atoms with Crippen molar-refractivity contribution in [2.24, 2.45) is 0 Å². The van der Waals surface area contributed by atoms with Gasteiger partial charge in [-0.15, -0.1) is 22.7 Å². The normalized spacial score (nSPS) is 12.2. The van der Waals surface area contributed by atoms with E-state index in [1.807, 2.05) is 62.4 Å². The highest BCUT2D eigenvalue weighted by molar-refractivity contribution is 7.13. The molecule has 0 aliphatic carbocycles. The van der Waals surface area contributed by atoms with Crippen molar-refractivity contribution in [3.63, 3.8) is 0 Å². The SMILES string of the molecule is Cc1cc(C(F)(F)F)n(-c2nc(C(=O)N[C@@H](CC(=O)O)c3ccccc3C)cs2)n1.Cc1ccc(-c2nc(C(=O)N[C@@H](CC(=O)O)c3ccccc3C)cs2)cc1. The minimum atomic E-state index is -4.63. The second kappa shape index (κ2) is 18.2. The monoisotopic (exact) mass is 818 g/mol. The largest absolute Gasteiger partial charge is 0.481 e. The van der Waals surface area contributed by atoms with Crippen LogP contribution >= 0.6 is 22.7 Å². The van der Waals surface area contributed by atoms with E-state index in [-0.39, 0.29) is 35.3 Å². The van der Waals surface area contributed by atoms with E-state index in [1.165, 1.54) is 23.6 Å². The zero-order chi connectivity index (χ0) is 41.4. The number of aryl methyl sites for hydroxylation is 4. The van der Waals surface area contributed by atoms with E-state index in [1.54, 1.807) is 36.6 Å². The molecule has 2 amide bonds. The molecule has 0 radical (unpaired) electrons. The highest BCUT2D eigenvalue weighted by Crippen LogP contribution is 2.32. The predicted octanol–water partition coefficient (Wildman–Crippen LogP) is 8.28. The maximum absolute atomic E-state index is 13.2. The fourth-order valence-electron chi connectivity index (χ4n) is 5.77. The van der Waals surface area contributed by atoms with Crippen LogP contribution in [0.1, 0.15) is 85.1 Å². The Bertz CT molecular complexity index is 2390. The van der Waals surface area contributed by atoms with Crippen molar-refractivity contribution < 1.29 is 42.6 Å². The first-order valence-electron chi connectivity index (χ1n) is 17.3. The Labute approximate surface area is 333 Å². The molecule has 296 valence electrons. The molecule has 0 fully saturated rings. The Morgan fingerprint density at radius 2 is 1.21 bits per heavy atom. The molecule has 17 heteroatoms. The summed E-state index contributed by atoms with van der Waals surface area (Å²) in [6, 6.07) is 21.8. The minimum Gasteiger partial charge on any atom is -0.481 e. The lowest BCUT2D eigenvalue weighted by molar-refractivity contribution is -0.143. The first-order valence-corrected chi connectivity index (χ1v) is 19.0. The van der Waals surface area contributed by atoms with Crippen LogP contribution in [0.4, 0.5) is 13.2 Å². The van der Waals surface area contributed by atoms with Crippen LogP contribution in [0.5, 0.6) is 0 Å². The molecule has 3 aromatic heterocycles. The van der Waals surface area contributed by atoms with E-state index in [0.717, 1.165) is 50.2 Å². The number of halogens is 3. The third-order valence-electron chi connectivity index (χ3n) is 8.56. The van der Waals surface area contributed by atoms with Crippen LogP contribution in [0.2, 0.25) is 0 Å². The van der Waals surface area contributed by atoms with Crippen LogP contribution in [0.3, 0.4) is 0 Å². The third kappa shape index (κ3) is 11.0. The van der Waals surface area contributed by atoms with Crippen molar-refractivity contribution in [3.8, 4) is 15.7 Å². The fraction of sp³-hybridized carbons (Fsp3) is 0.225. The maximum Gasteiger partial charge on any atom is 0.433 e. The molecular weight excluding hydrogens is 782 g/mol. The van der Waals surface area contributed by atoms with Crippen molar-refractivity contribution in [2.45, 2.75) is 58.8 Å². The lowest BCUT2D eigenvalue weighted by atomic mass is 9.98. The van der Waals surface area contributed by atoms with E-state index >= 15 is 0 Å². The van der Waals surface area contributed by atoms with Gasteiger partial charge in [-0.3, -0.25) is 19.2 Å². The predicted molar refractivity (Wildman–Crippen MR) is 209 cm³/mol. The van der Waals surface area contributed by atoms with Gasteiger partial charge in [0.25, 0.3) is 11.8 Å². The number of benzene rings is 3. The first kappa shape index (κ1) is 42.0. The molecule has 0 saturated heterocycles. The molecule has 3 heterocycles. The summed E-state index contributed by atoms with van der Waals surface area (Å²) in [4.78, 5) is 56.2. The summed E-state index contributed by atoms with van der Waals surface area (Å²) in [6.07, 6.45) is -5.18. The third-order valence-corrected chi connectivity index (χ3v) is 10.3. The van der Waals surface area contributed by atoms with Crippen LogP contribution in [0.25, 0.3) is 15.7 Å². The zero-order valence-corrected chi connectivity index (χ0v) is 32.6. The minimum absolute atomic E-state index is 0.119. The number of hydrogen-bond donors (Lipinski definition) is 4. The molecule has 0 aliphatic heterocycles. The van der Waals surface area contributed by atoms with Crippen LogP contribution in [0, 0.1) is 27.7 Å². The molecule has 0 spiro atoms. The number of hydrogen-bond acceptors (Lipinski definition) is 9. The van der Waals surface area contributed by atoms with Crippen LogP contribution < -0.4 is 10.6 Å². The maximum atomic E-state index is 13.2. The van der Waals surface area contributed by atoms with Gasteiger partial charge in [-0.05, 0) is 56.0 Å². The Hall–Kier alpha value is -6.20. The number of amides is 2. The highest BCUT2D eigenvalue weighted by atomic mass is 32.1. The molecule has 0 unspecified atom stereocenters. The van der Waals surface area contributed by atoms with Gasteiger partial charge >= 0.3 is 18.1 Å². The number of alkyl halides is 3. The fourth-order valence-corrected chi connectivity index (χ4v) is 7.34. The molecule has 0 bridgehead atoms. The Kier molecular flexibility index (Phi) is 13.4. The highest BCUT2D eigenvalue weighted by Gasteiger charge is 2.37. The number of aromatic nitrogens is 4. The van der Waals surface area contributed by atoms with E-state index in [9.17, 15) is 42.6 Å². The molecule has 0 saturated carbocycles. The molecule has 6 aromatic rings. The summed E-state index contributed by atoms with van der Waals surface area (Å²) in [5.41, 5.74) is 4.59. The van der Waals surface area contributed by atoms with Crippen molar-refractivity contribution in [1.29, 1.82) is 0 Å². The summed E-state index contributed by atoms with van der Waals surface area (Å²) in [5, 5.41) is 31.3. The smallest absolute Gasteiger partial charge is 0.433 e. The molecular formula is C40H37F3N6O6S2. The van der Waals surface area contributed by atoms with Gasteiger partial charge in [-0.2, -0.15) is 18.3 Å². The molecule has 3 aromatic carbocycles. The number of nitrogens with zero attached hydrogens (tertiary/aromatic N) is 4. The summed E-state index contributed by atoms with van der Waals surface area (Å²) in [6.45, 7) is 7.12. The van der Waals surface area contributed by atoms with E-state index < -0.39 is 41.8 Å². The van der Waals surface area contributed by atoms with E-state index in [2.05, 4.69) is 25.7 Å². The average Bonchev–Trinajstić information content (AvgIpc) is 3.92. The first-order chi connectivity index (χ1) is 27.0. The second-order valence-electron chi connectivity index (χ2n) is 13.0. The lowest BCUT2D eigenvalue weighted by Gasteiger charge is -2.18. The number of thiazole rings is 2. The number of aliphatic carboxylic acids is 2. The quantitative estimate of drug-likeness (QED) is 0.0947. The van der Waals surface area contributed by atoms with Gasteiger partial charge in [-0.1, -0.05) is 78.4 Å². The summed E-state index contributed by atoms with van der Waals surface area (Å²) < 4.78 is 40.3. The molecule has 57 heavy (non-hydrogen) atoms. The second-order valence-corrected chi connectivity index (χ2v) is 14.7. The number of nitrogens with one attached hydrogen (secondary N) is 2. The van der Waals surface area contributed by atoms with E-state index in [0.29, 0.717) is 15.9 Å². The molecule has 4 N–H and O–H groups in total. The number of rotatable bonds is 12. The van der Waals surface area contributed by atoms with Crippen molar-refractivity contribution in [1.82, 2.24) is 30.4 Å². The Morgan fingerprint density at radius 3 is 1.70 bits per heavy atom. The van der Waals surface area contributed by atoms with Crippen LogP contribution in [-0.2, 0) is 15.8 Å². The summed E-state index contributed by atoms with van der Waals surface area (Å²) in [5.74, 6) is -3.14. The van der Waals surface area contributed by atoms with Gasteiger partial charge in [0.2, 0.25) is 5.13 Å². The van der Waals surface area contributed by atoms with Crippen molar-refractivity contribution in [2.75, 3.05) is 0 Å². The van der Waals surface area contributed by atoms with Gasteiger partial charge in [0.1, 0.15) is 16.4 Å². The molecule has 12 nitrogen and oxygen atoms in total. The van der Waals surface area contributed by atoms with Gasteiger partial charge in [-0.25, -0.2) is 14.6 Å². The zero-order valence-electron chi connectivity index (χ0n) is 31.0. The van der Waals surface area contributed by atoms with Gasteiger partial charge in [0.05, 0.1) is 30.6 Å². The summed E-state index contributed by atoms with van der Waals surface area (Å²) in [7, 11) is 0.